The minimum absolute atomic E-state index is 0.271. The van der Waals surface area contributed by atoms with Crippen molar-refractivity contribution in [2.45, 2.75) is 11.4 Å². The van der Waals surface area contributed by atoms with Gasteiger partial charge in [-0.15, -0.1) is 6.42 Å². The van der Waals surface area contributed by atoms with Crippen LogP contribution in [0.1, 0.15) is 0 Å². The zero-order valence-corrected chi connectivity index (χ0v) is 15.1. The Labute approximate surface area is 152 Å². The molecular weight excluding hydrogens is 356 g/mol. The molecule has 0 aliphatic carbocycles. The van der Waals surface area contributed by atoms with E-state index < -0.39 is 9.84 Å². The summed E-state index contributed by atoms with van der Waals surface area (Å²) in [7, 11) is -3.24. The summed E-state index contributed by atoms with van der Waals surface area (Å²) in [6.45, 7) is 0.349. The average molecular weight is 371 g/mol. The number of rotatable bonds is 4. The van der Waals surface area contributed by atoms with E-state index in [9.17, 15) is 8.42 Å². The molecule has 0 amide bonds. The molecule has 0 saturated heterocycles. The SMILES string of the molecule is C#CCn1cc(-c2ccc(Cl)cc2)c(-c2ccc(S(C)(=O)=O)cc2)n1. The third kappa shape index (κ3) is 3.76. The van der Waals surface area contributed by atoms with Gasteiger partial charge in [-0.05, 0) is 29.8 Å². The predicted molar refractivity (Wildman–Crippen MR) is 100 cm³/mol. The molecule has 0 atom stereocenters. The summed E-state index contributed by atoms with van der Waals surface area (Å²) in [5, 5.41) is 5.20. The number of hydrogen-bond acceptors (Lipinski definition) is 3. The van der Waals surface area contributed by atoms with Crippen LogP contribution in [0.5, 0.6) is 0 Å². The van der Waals surface area contributed by atoms with Crippen molar-refractivity contribution in [3.63, 3.8) is 0 Å². The second-order valence-electron chi connectivity index (χ2n) is 5.60. The number of hydrogen-bond donors (Lipinski definition) is 0. The maximum atomic E-state index is 11.6. The van der Waals surface area contributed by atoms with Gasteiger partial charge in [0, 0.05) is 28.6 Å². The van der Waals surface area contributed by atoms with Gasteiger partial charge in [0.1, 0.15) is 12.2 Å². The highest BCUT2D eigenvalue weighted by Crippen LogP contribution is 2.32. The van der Waals surface area contributed by atoms with E-state index in [1.807, 2.05) is 30.5 Å². The van der Waals surface area contributed by atoms with Gasteiger partial charge in [-0.1, -0.05) is 41.8 Å². The summed E-state index contributed by atoms with van der Waals surface area (Å²) >= 11 is 5.97. The minimum atomic E-state index is -3.24. The van der Waals surface area contributed by atoms with Crippen molar-refractivity contribution >= 4 is 21.4 Å². The van der Waals surface area contributed by atoms with Gasteiger partial charge < -0.3 is 0 Å². The molecule has 4 nitrogen and oxygen atoms in total. The molecule has 0 fully saturated rings. The Morgan fingerprint density at radius 3 is 2.24 bits per heavy atom. The first kappa shape index (κ1) is 17.3. The molecule has 0 aliphatic heterocycles. The molecule has 3 rings (SSSR count). The summed E-state index contributed by atoms with van der Waals surface area (Å²) < 4.78 is 25.0. The molecule has 0 spiro atoms. The molecule has 1 heterocycles. The highest BCUT2D eigenvalue weighted by molar-refractivity contribution is 7.90. The molecular formula is C19H15ClN2O2S. The van der Waals surface area contributed by atoms with Crippen LogP contribution in [0.3, 0.4) is 0 Å². The fraction of sp³-hybridized carbons (Fsp3) is 0.105. The van der Waals surface area contributed by atoms with Crippen LogP contribution < -0.4 is 0 Å². The van der Waals surface area contributed by atoms with Gasteiger partial charge in [0.15, 0.2) is 9.84 Å². The lowest BCUT2D eigenvalue weighted by Crippen LogP contribution is -1.97. The number of halogens is 1. The monoisotopic (exact) mass is 370 g/mol. The fourth-order valence-corrected chi connectivity index (χ4v) is 3.27. The van der Waals surface area contributed by atoms with Gasteiger partial charge in [-0.3, -0.25) is 4.68 Å². The Balaban J connectivity index is 2.11. The number of terminal acetylenes is 1. The second kappa shape index (κ2) is 6.75. The highest BCUT2D eigenvalue weighted by Gasteiger charge is 2.14. The lowest BCUT2D eigenvalue weighted by Gasteiger charge is -2.04. The highest BCUT2D eigenvalue weighted by atomic mass is 35.5. The molecule has 0 unspecified atom stereocenters. The van der Waals surface area contributed by atoms with E-state index >= 15 is 0 Å². The number of benzene rings is 2. The van der Waals surface area contributed by atoms with Crippen LogP contribution in [0.2, 0.25) is 5.02 Å². The largest absolute Gasteiger partial charge is 0.259 e. The van der Waals surface area contributed by atoms with Crippen LogP contribution in [-0.4, -0.2) is 24.5 Å². The molecule has 0 N–H and O–H groups in total. The van der Waals surface area contributed by atoms with Crippen molar-refractivity contribution in [2.24, 2.45) is 0 Å². The van der Waals surface area contributed by atoms with E-state index in [-0.39, 0.29) is 4.90 Å². The molecule has 25 heavy (non-hydrogen) atoms. The van der Waals surface area contributed by atoms with E-state index in [4.69, 9.17) is 18.0 Å². The fourth-order valence-electron chi connectivity index (χ4n) is 2.51. The van der Waals surface area contributed by atoms with Crippen LogP contribution in [-0.2, 0) is 16.4 Å². The van der Waals surface area contributed by atoms with Gasteiger partial charge >= 0.3 is 0 Å². The zero-order chi connectivity index (χ0) is 18.0. The topological polar surface area (TPSA) is 52.0 Å². The van der Waals surface area contributed by atoms with Gasteiger partial charge in [-0.2, -0.15) is 5.10 Å². The molecule has 1 aromatic heterocycles. The van der Waals surface area contributed by atoms with Crippen molar-refractivity contribution in [2.75, 3.05) is 6.26 Å². The van der Waals surface area contributed by atoms with Crippen molar-refractivity contribution < 1.29 is 8.42 Å². The van der Waals surface area contributed by atoms with Gasteiger partial charge in [0.25, 0.3) is 0 Å². The molecule has 6 heteroatoms. The van der Waals surface area contributed by atoms with E-state index in [2.05, 4.69) is 11.0 Å². The van der Waals surface area contributed by atoms with E-state index in [1.54, 1.807) is 28.9 Å². The van der Waals surface area contributed by atoms with Crippen molar-refractivity contribution in [3.05, 3.63) is 59.8 Å². The zero-order valence-electron chi connectivity index (χ0n) is 13.5. The lowest BCUT2D eigenvalue weighted by molar-refractivity contribution is 0.602. The standard InChI is InChI=1S/C19H15ClN2O2S/c1-3-12-22-13-18(14-4-8-16(20)9-5-14)19(21-22)15-6-10-17(11-7-15)25(2,23)24/h1,4-11,13H,12H2,2H3. The third-order valence-electron chi connectivity index (χ3n) is 3.73. The van der Waals surface area contributed by atoms with Crippen molar-refractivity contribution in [3.8, 4) is 34.7 Å². The van der Waals surface area contributed by atoms with Crippen LogP contribution in [0.15, 0.2) is 59.6 Å². The van der Waals surface area contributed by atoms with E-state index in [1.165, 1.54) is 6.26 Å². The Hall–Kier alpha value is -2.55. The number of nitrogens with zero attached hydrogens (tertiary/aromatic N) is 2. The van der Waals surface area contributed by atoms with Crippen LogP contribution in [0.25, 0.3) is 22.4 Å². The summed E-state index contributed by atoms with van der Waals surface area (Å²) in [6.07, 6.45) is 8.45. The van der Waals surface area contributed by atoms with Crippen LogP contribution in [0.4, 0.5) is 0 Å². The molecule has 0 aliphatic rings. The molecule has 0 saturated carbocycles. The second-order valence-corrected chi connectivity index (χ2v) is 8.05. The lowest BCUT2D eigenvalue weighted by atomic mass is 10.0. The maximum Gasteiger partial charge on any atom is 0.175 e. The number of aromatic nitrogens is 2. The smallest absolute Gasteiger partial charge is 0.175 e. The predicted octanol–water partition coefficient (Wildman–Crippen LogP) is 3.91. The van der Waals surface area contributed by atoms with Gasteiger partial charge in [-0.25, -0.2) is 8.42 Å². The molecule has 0 radical (unpaired) electrons. The first-order chi connectivity index (χ1) is 11.9. The molecule has 2 aromatic carbocycles. The van der Waals surface area contributed by atoms with Gasteiger partial charge in [0.2, 0.25) is 0 Å². The number of sulfone groups is 1. The Morgan fingerprint density at radius 2 is 1.68 bits per heavy atom. The van der Waals surface area contributed by atoms with Crippen molar-refractivity contribution in [1.82, 2.24) is 9.78 Å². The van der Waals surface area contributed by atoms with Gasteiger partial charge in [0.05, 0.1) is 4.90 Å². The Kier molecular flexibility index (Phi) is 4.67. The summed E-state index contributed by atoms with van der Waals surface area (Å²) in [5.74, 6) is 2.57. The summed E-state index contributed by atoms with van der Waals surface area (Å²) in [5.41, 5.74) is 3.40. The van der Waals surface area contributed by atoms with Crippen LogP contribution >= 0.6 is 11.6 Å². The van der Waals surface area contributed by atoms with Crippen molar-refractivity contribution in [1.29, 1.82) is 0 Å². The first-order valence-corrected chi connectivity index (χ1v) is 9.73. The average Bonchev–Trinajstić information content (AvgIpc) is 2.99. The quantitative estimate of drug-likeness (QED) is 0.654. The maximum absolute atomic E-state index is 11.6. The normalized spacial score (nSPS) is 11.2. The van der Waals surface area contributed by atoms with E-state index in [0.717, 1.165) is 22.4 Å². The van der Waals surface area contributed by atoms with E-state index in [0.29, 0.717) is 11.6 Å². The molecule has 126 valence electrons. The summed E-state index contributed by atoms with van der Waals surface area (Å²) in [6, 6.07) is 14.1. The minimum Gasteiger partial charge on any atom is -0.259 e. The Bertz CT molecular complexity index is 1040. The third-order valence-corrected chi connectivity index (χ3v) is 5.11. The molecule has 3 aromatic rings. The first-order valence-electron chi connectivity index (χ1n) is 7.46. The Morgan fingerprint density at radius 1 is 1.08 bits per heavy atom. The summed E-state index contributed by atoms with van der Waals surface area (Å²) in [4.78, 5) is 0.271. The molecule has 0 bridgehead atoms. The van der Waals surface area contributed by atoms with Crippen LogP contribution in [0, 0.1) is 12.3 Å².